The predicted molar refractivity (Wildman–Crippen MR) is 83.8 cm³/mol. The van der Waals surface area contributed by atoms with Crippen LogP contribution in [-0.4, -0.2) is 16.8 Å². The Bertz CT molecular complexity index is 774. The zero-order chi connectivity index (χ0) is 17.0. The number of benzene rings is 2. The molecule has 1 amide bonds. The first-order chi connectivity index (χ1) is 10.9. The number of rotatable bonds is 4. The molecule has 7 nitrogen and oxygen atoms in total. The van der Waals surface area contributed by atoms with Crippen LogP contribution in [0.2, 0.25) is 5.02 Å². The molecule has 0 aliphatic carbocycles. The zero-order valence-electron chi connectivity index (χ0n) is 11.9. The molecule has 2 rings (SSSR count). The lowest BCUT2D eigenvalue weighted by Gasteiger charge is -2.07. The Hall–Kier alpha value is -2.93. The minimum atomic E-state index is -0.610. The van der Waals surface area contributed by atoms with E-state index in [1.807, 2.05) is 0 Å². The monoisotopic (exact) mass is 334 g/mol. The Labute approximate surface area is 136 Å². The highest BCUT2D eigenvalue weighted by molar-refractivity contribution is 6.34. The molecule has 0 atom stereocenters. The average Bonchev–Trinajstić information content (AvgIpc) is 2.48. The number of carbonyl (C=O) groups excluding carboxylic acids is 2. The van der Waals surface area contributed by atoms with Gasteiger partial charge >= 0.3 is 5.97 Å². The van der Waals surface area contributed by atoms with Gasteiger partial charge in [0.15, 0.2) is 0 Å². The fourth-order valence-electron chi connectivity index (χ4n) is 1.77. The molecule has 0 saturated carbocycles. The van der Waals surface area contributed by atoms with Crippen molar-refractivity contribution in [2.45, 2.75) is 6.92 Å². The second-order valence-electron chi connectivity index (χ2n) is 4.49. The summed E-state index contributed by atoms with van der Waals surface area (Å²) >= 11 is 5.90. The highest BCUT2D eigenvalue weighted by atomic mass is 35.5. The predicted octanol–water partition coefficient (Wildman–Crippen LogP) is 3.43. The second-order valence-corrected chi connectivity index (χ2v) is 4.90. The minimum absolute atomic E-state index is 0.00932. The maximum absolute atomic E-state index is 12.2. The first-order valence-corrected chi connectivity index (χ1v) is 6.78. The topological polar surface area (TPSA) is 98.5 Å². The van der Waals surface area contributed by atoms with E-state index in [0.29, 0.717) is 11.4 Å². The summed E-state index contributed by atoms with van der Waals surface area (Å²) in [6.45, 7) is 1.28. The van der Waals surface area contributed by atoms with Gasteiger partial charge in [0, 0.05) is 24.7 Å². The maximum atomic E-state index is 12.2. The molecule has 0 spiro atoms. The van der Waals surface area contributed by atoms with Crippen LogP contribution in [0.1, 0.15) is 17.3 Å². The molecule has 0 fully saturated rings. The van der Waals surface area contributed by atoms with E-state index in [-0.39, 0.29) is 16.3 Å². The third kappa shape index (κ3) is 4.27. The molecular formula is C15H11ClN2O5. The largest absolute Gasteiger partial charge is 0.427 e. The van der Waals surface area contributed by atoms with Gasteiger partial charge in [-0.2, -0.15) is 0 Å². The Morgan fingerprint density at radius 3 is 2.39 bits per heavy atom. The number of nitro benzene ring substituents is 1. The van der Waals surface area contributed by atoms with E-state index in [4.69, 9.17) is 16.3 Å². The number of hydrogen-bond donors (Lipinski definition) is 1. The fourth-order valence-corrected chi connectivity index (χ4v) is 1.97. The van der Waals surface area contributed by atoms with Gasteiger partial charge in [0.1, 0.15) is 5.75 Å². The summed E-state index contributed by atoms with van der Waals surface area (Å²) in [7, 11) is 0. The molecule has 0 radical (unpaired) electrons. The van der Waals surface area contributed by atoms with Crippen LogP contribution in [0, 0.1) is 10.1 Å². The molecule has 118 valence electrons. The number of halogens is 1. The van der Waals surface area contributed by atoms with Gasteiger partial charge in [-0.05, 0) is 30.3 Å². The van der Waals surface area contributed by atoms with Crippen molar-refractivity contribution in [2.75, 3.05) is 5.32 Å². The van der Waals surface area contributed by atoms with E-state index < -0.39 is 16.8 Å². The molecular weight excluding hydrogens is 324 g/mol. The van der Waals surface area contributed by atoms with E-state index in [0.717, 1.165) is 6.07 Å². The van der Waals surface area contributed by atoms with Crippen molar-refractivity contribution < 1.29 is 19.2 Å². The smallest absolute Gasteiger partial charge is 0.308 e. The van der Waals surface area contributed by atoms with Gasteiger partial charge in [0.05, 0.1) is 15.5 Å². The number of hydrogen-bond acceptors (Lipinski definition) is 5. The third-order valence-corrected chi connectivity index (χ3v) is 3.11. The van der Waals surface area contributed by atoms with Gasteiger partial charge in [-0.3, -0.25) is 19.7 Å². The van der Waals surface area contributed by atoms with Crippen molar-refractivity contribution in [3.8, 4) is 5.75 Å². The summed E-state index contributed by atoms with van der Waals surface area (Å²) in [5, 5.41) is 13.4. The number of non-ortho nitro benzene ring substituents is 1. The number of carbonyl (C=O) groups is 2. The molecule has 8 heteroatoms. The van der Waals surface area contributed by atoms with Crippen molar-refractivity contribution in [3.05, 3.63) is 63.2 Å². The standard InChI is InChI=1S/C15H11ClN2O5/c1-9(19)23-12-5-2-10(3-6-12)17-15(20)13-8-11(18(21)22)4-7-14(13)16/h2-8H,1H3,(H,17,20). The normalized spacial score (nSPS) is 10.0. The zero-order valence-corrected chi connectivity index (χ0v) is 12.7. The van der Waals surface area contributed by atoms with Crippen LogP contribution >= 0.6 is 11.6 Å². The van der Waals surface area contributed by atoms with E-state index >= 15 is 0 Å². The summed E-state index contributed by atoms with van der Waals surface area (Å²) in [6.07, 6.45) is 0. The molecule has 0 unspecified atom stereocenters. The van der Waals surface area contributed by atoms with E-state index in [9.17, 15) is 19.7 Å². The number of anilines is 1. The van der Waals surface area contributed by atoms with Crippen LogP contribution in [0.25, 0.3) is 0 Å². The van der Waals surface area contributed by atoms with Crippen molar-refractivity contribution in [2.24, 2.45) is 0 Å². The lowest BCUT2D eigenvalue weighted by molar-refractivity contribution is -0.384. The van der Waals surface area contributed by atoms with Crippen LogP contribution in [0.15, 0.2) is 42.5 Å². The van der Waals surface area contributed by atoms with Gasteiger partial charge in [-0.1, -0.05) is 11.6 Å². The molecule has 0 aliphatic heterocycles. The first-order valence-electron chi connectivity index (χ1n) is 6.40. The first kappa shape index (κ1) is 16.4. The SMILES string of the molecule is CC(=O)Oc1ccc(NC(=O)c2cc([N+](=O)[O-])ccc2Cl)cc1. The molecule has 0 bridgehead atoms. The number of amides is 1. The number of nitro groups is 1. The molecule has 23 heavy (non-hydrogen) atoms. The molecule has 0 heterocycles. The van der Waals surface area contributed by atoms with Crippen LogP contribution < -0.4 is 10.1 Å². The van der Waals surface area contributed by atoms with E-state index in [2.05, 4.69) is 5.32 Å². The van der Waals surface area contributed by atoms with Gasteiger partial charge in [0.2, 0.25) is 0 Å². The number of esters is 1. The molecule has 0 aromatic heterocycles. The summed E-state index contributed by atoms with van der Waals surface area (Å²) in [6, 6.07) is 9.68. The number of nitrogens with zero attached hydrogens (tertiary/aromatic N) is 1. The maximum Gasteiger partial charge on any atom is 0.308 e. The Balaban J connectivity index is 2.17. The summed E-state index contributed by atoms with van der Waals surface area (Å²) in [5.74, 6) is -0.701. The molecule has 0 saturated heterocycles. The van der Waals surface area contributed by atoms with Gasteiger partial charge in [-0.15, -0.1) is 0 Å². The molecule has 2 aromatic rings. The highest BCUT2D eigenvalue weighted by Crippen LogP contribution is 2.23. The van der Waals surface area contributed by atoms with Crippen molar-refractivity contribution >= 4 is 34.9 Å². The highest BCUT2D eigenvalue weighted by Gasteiger charge is 2.16. The molecule has 0 aliphatic rings. The average molecular weight is 335 g/mol. The van der Waals surface area contributed by atoms with Crippen molar-refractivity contribution in [1.82, 2.24) is 0 Å². The van der Waals surface area contributed by atoms with Crippen LogP contribution in [0.4, 0.5) is 11.4 Å². The van der Waals surface area contributed by atoms with E-state index in [1.54, 1.807) is 0 Å². The Morgan fingerprint density at radius 1 is 1.17 bits per heavy atom. The van der Waals surface area contributed by atoms with Crippen molar-refractivity contribution in [3.63, 3.8) is 0 Å². The van der Waals surface area contributed by atoms with Crippen LogP contribution in [0.5, 0.6) is 5.75 Å². The van der Waals surface area contributed by atoms with Gasteiger partial charge in [0.25, 0.3) is 11.6 Å². The number of ether oxygens (including phenoxy) is 1. The van der Waals surface area contributed by atoms with Gasteiger partial charge < -0.3 is 10.1 Å². The minimum Gasteiger partial charge on any atom is -0.427 e. The quantitative estimate of drug-likeness (QED) is 0.400. The summed E-state index contributed by atoms with van der Waals surface area (Å²) < 4.78 is 4.87. The van der Waals surface area contributed by atoms with E-state index in [1.165, 1.54) is 43.3 Å². The van der Waals surface area contributed by atoms with Crippen LogP contribution in [0.3, 0.4) is 0 Å². The molecule has 2 aromatic carbocycles. The fraction of sp³-hybridized carbons (Fsp3) is 0.0667. The number of nitrogens with one attached hydrogen (secondary N) is 1. The Kier molecular flexibility index (Phi) is 4.92. The van der Waals surface area contributed by atoms with Gasteiger partial charge in [-0.25, -0.2) is 0 Å². The second kappa shape index (κ2) is 6.89. The van der Waals surface area contributed by atoms with Crippen LogP contribution in [-0.2, 0) is 4.79 Å². The third-order valence-electron chi connectivity index (χ3n) is 2.78. The Morgan fingerprint density at radius 2 is 1.83 bits per heavy atom. The summed E-state index contributed by atoms with van der Waals surface area (Å²) in [5.41, 5.74) is 0.183. The molecule has 1 N–H and O–H groups in total. The lowest BCUT2D eigenvalue weighted by Crippen LogP contribution is -2.13. The summed E-state index contributed by atoms with van der Waals surface area (Å²) in [4.78, 5) is 33.1. The van der Waals surface area contributed by atoms with Crippen molar-refractivity contribution in [1.29, 1.82) is 0 Å². The lowest BCUT2D eigenvalue weighted by atomic mass is 10.2.